The molecule has 2 aromatic rings. The lowest BCUT2D eigenvalue weighted by molar-refractivity contribution is -0.137. The quantitative estimate of drug-likeness (QED) is 0.549. The molecule has 2 saturated heterocycles. The average Bonchev–Trinajstić information content (AvgIpc) is 3.27. The second kappa shape index (κ2) is 8.34. The Morgan fingerprint density at radius 3 is 2.32 bits per heavy atom. The van der Waals surface area contributed by atoms with Gasteiger partial charge in [-0.05, 0) is 38.3 Å². The lowest BCUT2D eigenvalue weighted by Gasteiger charge is -2.27. The molecule has 0 saturated carbocycles. The molecule has 0 bridgehead atoms. The third-order valence-electron chi connectivity index (χ3n) is 5.25. The van der Waals surface area contributed by atoms with E-state index in [4.69, 9.17) is 0 Å². The molecule has 1 aromatic carbocycles. The zero-order valence-corrected chi connectivity index (χ0v) is 17.0. The van der Waals surface area contributed by atoms with Gasteiger partial charge < -0.3 is 4.90 Å². The van der Waals surface area contributed by atoms with Crippen LogP contribution in [0, 0.1) is 6.92 Å². The van der Waals surface area contributed by atoms with Gasteiger partial charge in [-0.2, -0.15) is 0 Å². The molecule has 1 aromatic heterocycles. The summed E-state index contributed by atoms with van der Waals surface area (Å²) in [7, 11) is 0. The molecule has 7 nitrogen and oxygen atoms in total. The van der Waals surface area contributed by atoms with E-state index in [1.54, 1.807) is 0 Å². The molecule has 0 spiro atoms. The molecule has 2 amide bonds. The first-order valence-electron chi connectivity index (χ1n) is 9.87. The number of likely N-dealkylation sites (tertiary alicyclic amines) is 1. The summed E-state index contributed by atoms with van der Waals surface area (Å²) >= 11 is 1.54. The Kier molecular flexibility index (Phi) is 5.66. The van der Waals surface area contributed by atoms with E-state index in [9.17, 15) is 9.59 Å². The predicted octanol–water partition coefficient (Wildman–Crippen LogP) is 2.81. The average molecular weight is 400 g/mol. The van der Waals surface area contributed by atoms with E-state index < -0.39 is 0 Å². The number of thioether (sulfide) groups is 1. The highest BCUT2D eigenvalue weighted by molar-refractivity contribution is 7.99. The van der Waals surface area contributed by atoms with Gasteiger partial charge in [-0.25, -0.2) is 0 Å². The molecule has 0 unspecified atom stereocenters. The van der Waals surface area contributed by atoms with Gasteiger partial charge in [0.1, 0.15) is 0 Å². The third-order valence-corrected chi connectivity index (χ3v) is 6.16. The van der Waals surface area contributed by atoms with Gasteiger partial charge >= 0.3 is 0 Å². The van der Waals surface area contributed by atoms with Crippen molar-refractivity contribution in [3.63, 3.8) is 0 Å². The number of rotatable bonds is 6. The highest BCUT2D eigenvalue weighted by Gasteiger charge is 2.28. The van der Waals surface area contributed by atoms with Crippen LogP contribution < -0.4 is 4.90 Å². The Hall–Kier alpha value is -2.35. The van der Waals surface area contributed by atoms with Crippen LogP contribution in [0.15, 0.2) is 29.4 Å². The maximum Gasteiger partial charge on any atom is 0.232 e. The third kappa shape index (κ3) is 3.92. The summed E-state index contributed by atoms with van der Waals surface area (Å²) in [5, 5.41) is 9.72. The van der Waals surface area contributed by atoms with E-state index in [0.717, 1.165) is 29.9 Å². The zero-order chi connectivity index (χ0) is 19.5. The number of nitrogens with zero attached hydrogens (tertiary/aromatic N) is 5. The molecule has 28 heavy (non-hydrogen) atoms. The van der Waals surface area contributed by atoms with Crippen LogP contribution in [0.5, 0.6) is 0 Å². The van der Waals surface area contributed by atoms with Crippen LogP contribution in [0.4, 0.5) is 5.95 Å². The Morgan fingerprint density at radius 2 is 1.64 bits per heavy atom. The smallest absolute Gasteiger partial charge is 0.232 e. The van der Waals surface area contributed by atoms with Gasteiger partial charge in [0.2, 0.25) is 17.8 Å². The van der Waals surface area contributed by atoms with Gasteiger partial charge in [-0.3, -0.25) is 19.1 Å². The van der Waals surface area contributed by atoms with E-state index in [0.29, 0.717) is 25.1 Å². The predicted molar refractivity (Wildman–Crippen MR) is 109 cm³/mol. The Balaban J connectivity index is 1.55. The van der Waals surface area contributed by atoms with Crippen molar-refractivity contribution >= 4 is 29.5 Å². The summed E-state index contributed by atoms with van der Waals surface area (Å²) in [5.74, 6) is 1.35. The maximum absolute atomic E-state index is 11.8. The summed E-state index contributed by atoms with van der Waals surface area (Å²) < 4.78 is 2.10. The maximum atomic E-state index is 11.8. The van der Waals surface area contributed by atoms with Gasteiger partial charge in [0, 0.05) is 38.2 Å². The van der Waals surface area contributed by atoms with E-state index in [2.05, 4.69) is 50.9 Å². The van der Waals surface area contributed by atoms with Crippen molar-refractivity contribution in [3.8, 4) is 5.69 Å². The topological polar surface area (TPSA) is 71.3 Å². The summed E-state index contributed by atoms with van der Waals surface area (Å²) in [5.41, 5.74) is 2.24. The molecule has 4 rings (SSSR count). The summed E-state index contributed by atoms with van der Waals surface area (Å²) in [6.07, 6.45) is 4.27. The Bertz CT molecular complexity index is 842. The number of anilines is 1. The second-order valence-corrected chi connectivity index (χ2v) is 8.35. The minimum absolute atomic E-state index is 0.0698. The molecule has 148 valence electrons. The number of hydrogen-bond donors (Lipinski definition) is 0. The lowest BCUT2D eigenvalue weighted by atomic mass is 10.1. The molecular formula is C20H25N5O2S. The van der Waals surface area contributed by atoms with Crippen LogP contribution in [0.3, 0.4) is 0 Å². The summed E-state index contributed by atoms with van der Waals surface area (Å²) in [4.78, 5) is 27.3. The molecule has 2 aliphatic rings. The van der Waals surface area contributed by atoms with E-state index in [1.165, 1.54) is 41.5 Å². The SMILES string of the molecule is Cc1ccc(-n2c(SCCN3C(=O)CCC3=O)nnc2N2CCCCC2)cc1. The van der Waals surface area contributed by atoms with Crippen molar-refractivity contribution < 1.29 is 9.59 Å². The van der Waals surface area contributed by atoms with Crippen LogP contribution in [-0.2, 0) is 9.59 Å². The number of imide groups is 1. The van der Waals surface area contributed by atoms with Gasteiger partial charge in [0.25, 0.3) is 0 Å². The number of carbonyl (C=O) groups is 2. The number of benzene rings is 1. The summed E-state index contributed by atoms with van der Waals surface area (Å²) in [6, 6.07) is 8.35. The van der Waals surface area contributed by atoms with Crippen molar-refractivity contribution in [2.75, 3.05) is 30.3 Å². The largest absolute Gasteiger partial charge is 0.341 e. The fourth-order valence-corrected chi connectivity index (χ4v) is 4.55. The molecule has 0 N–H and O–H groups in total. The molecule has 0 aliphatic carbocycles. The van der Waals surface area contributed by atoms with Crippen molar-refractivity contribution in [3.05, 3.63) is 29.8 Å². The molecule has 0 atom stereocenters. The zero-order valence-electron chi connectivity index (χ0n) is 16.1. The van der Waals surface area contributed by atoms with E-state index in [-0.39, 0.29) is 11.8 Å². The standard InChI is InChI=1S/C20H25N5O2S/c1-15-5-7-16(8-6-15)25-19(23-11-3-2-4-12-23)21-22-20(25)28-14-13-24-17(26)9-10-18(24)27/h5-8H,2-4,9-14H2,1H3. The van der Waals surface area contributed by atoms with Crippen LogP contribution in [0.2, 0.25) is 0 Å². The van der Waals surface area contributed by atoms with Gasteiger partial charge in [-0.15, -0.1) is 10.2 Å². The van der Waals surface area contributed by atoms with Crippen molar-refractivity contribution in [2.45, 2.75) is 44.2 Å². The molecule has 3 heterocycles. The molecular weight excluding hydrogens is 374 g/mol. The highest BCUT2D eigenvalue weighted by Crippen LogP contribution is 2.28. The van der Waals surface area contributed by atoms with Crippen LogP contribution in [-0.4, -0.2) is 56.9 Å². The number of aryl methyl sites for hydroxylation is 1. The first kappa shape index (κ1) is 19.0. The van der Waals surface area contributed by atoms with Crippen molar-refractivity contribution in [1.82, 2.24) is 19.7 Å². The molecule has 2 fully saturated rings. The number of amides is 2. The molecule has 2 aliphatic heterocycles. The van der Waals surface area contributed by atoms with E-state index in [1.807, 2.05) is 0 Å². The van der Waals surface area contributed by atoms with Gasteiger partial charge in [-0.1, -0.05) is 29.5 Å². The number of hydrogen-bond acceptors (Lipinski definition) is 6. The minimum Gasteiger partial charge on any atom is -0.341 e. The first-order chi connectivity index (χ1) is 13.6. The van der Waals surface area contributed by atoms with Crippen LogP contribution in [0.25, 0.3) is 5.69 Å². The number of carbonyl (C=O) groups excluding carboxylic acids is 2. The second-order valence-electron chi connectivity index (χ2n) is 7.29. The van der Waals surface area contributed by atoms with Crippen LogP contribution >= 0.6 is 11.8 Å². The van der Waals surface area contributed by atoms with Crippen LogP contribution in [0.1, 0.15) is 37.7 Å². The molecule has 0 radical (unpaired) electrons. The number of aromatic nitrogens is 3. The van der Waals surface area contributed by atoms with Crippen molar-refractivity contribution in [1.29, 1.82) is 0 Å². The minimum atomic E-state index is -0.0698. The number of piperidine rings is 1. The van der Waals surface area contributed by atoms with Crippen molar-refractivity contribution in [2.24, 2.45) is 0 Å². The van der Waals surface area contributed by atoms with Gasteiger partial charge in [0.15, 0.2) is 5.16 Å². The normalized spacial score (nSPS) is 17.6. The lowest BCUT2D eigenvalue weighted by Crippen LogP contribution is -2.32. The summed E-state index contributed by atoms with van der Waals surface area (Å²) in [6.45, 7) is 4.47. The fraction of sp³-hybridized carbons (Fsp3) is 0.500. The Labute approximate surface area is 169 Å². The van der Waals surface area contributed by atoms with E-state index >= 15 is 0 Å². The monoisotopic (exact) mass is 399 g/mol. The Morgan fingerprint density at radius 1 is 0.964 bits per heavy atom. The first-order valence-corrected chi connectivity index (χ1v) is 10.9. The van der Waals surface area contributed by atoms with Gasteiger partial charge in [0.05, 0.1) is 5.69 Å². The fourth-order valence-electron chi connectivity index (χ4n) is 3.67. The highest BCUT2D eigenvalue weighted by atomic mass is 32.2. The molecule has 8 heteroatoms.